The van der Waals surface area contributed by atoms with Crippen molar-refractivity contribution in [3.63, 3.8) is 0 Å². The molecule has 0 unspecified atom stereocenters. The Morgan fingerprint density at radius 2 is 1.22 bits per heavy atom. The number of hydrogen-bond donors (Lipinski definition) is 0. The maximum atomic E-state index is 10.0. The molecule has 0 atom stereocenters. The zero-order chi connectivity index (χ0) is 13.8. The van der Waals surface area contributed by atoms with Crippen LogP contribution in [0.1, 0.15) is 19.4 Å². The molecule has 0 fully saturated rings. The van der Waals surface area contributed by atoms with Gasteiger partial charge in [0.15, 0.2) is 0 Å². The number of aryl methyl sites for hydroxylation is 1. The molecule has 0 amide bonds. The third kappa shape index (κ3) is 7.17. The van der Waals surface area contributed by atoms with Crippen molar-refractivity contribution < 1.29 is 4.92 Å². The van der Waals surface area contributed by atoms with Crippen LogP contribution in [0.3, 0.4) is 0 Å². The normalized spacial score (nSPS) is 8.17. The average molecular weight is 245 g/mol. The van der Waals surface area contributed by atoms with Crippen molar-refractivity contribution >= 4 is 5.69 Å². The monoisotopic (exact) mass is 245 g/mol. The lowest BCUT2D eigenvalue weighted by Gasteiger charge is -1.85. The standard InChI is InChI=1S/C7H8.C6H5NO2.C2H6/c1-7-5-3-2-4-6-7;8-7(9)6-4-2-1-3-5-6;1-2/h2-6H,1H3;1-5H;1-2H3. The number of nitro benzene ring substituents is 1. The molecule has 0 bridgehead atoms. The quantitative estimate of drug-likeness (QED) is 0.543. The molecule has 18 heavy (non-hydrogen) atoms. The minimum Gasteiger partial charge on any atom is -0.258 e. The number of hydrogen-bond acceptors (Lipinski definition) is 2. The molecule has 3 heteroatoms. The first-order valence-corrected chi connectivity index (χ1v) is 5.91. The first-order chi connectivity index (χ1) is 8.70. The molecule has 0 heterocycles. The van der Waals surface area contributed by atoms with Crippen LogP contribution in [0, 0.1) is 17.0 Å². The zero-order valence-corrected chi connectivity index (χ0v) is 11.0. The second kappa shape index (κ2) is 10.0. The molecule has 0 aromatic heterocycles. The summed E-state index contributed by atoms with van der Waals surface area (Å²) in [6.45, 7) is 6.08. The summed E-state index contributed by atoms with van der Waals surface area (Å²) in [4.78, 5) is 9.59. The van der Waals surface area contributed by atoms with Gasteiger partial charge in [-0.05, 0) is 6.92 Å². The summed E-state index contributed by atoms with van der Waals surface area (Å²) in [7, 11) is 0. The smallest absolute Gasteiger partial charge is 0.258 e. The van der Waals surface area contributed by atoms with Gasteiger partial charge < -0.3 is 0 Å². The van der Waals surface area contributed by atoms with E-state index in [-0.39, 0.29) is 5.69 Å². The summed E-state index contributed by atoms with van der Waals surface area (Å²) in [5, 5.41) is 10.0. The Morgan fingerprint density at radius 1 is 0.833 bits per heavy atom. The Labute approximate surface area is 108 Å². The van der Waals surface area contributed by atoms with Gasteiger partial charge in [0.25, 0.3) is 5.69 Å². The van der Waals surface area contributed by atoms with E-state index in [1.807, 2.05) is 32.0 Å². The predicted molar refractivity (Wildman–Crippen MR) is 75.6 cm³/mol. The van der Waals surface area contributed by atoms with Gasteiger partial charge in [-0.3, -0.25) is 10.1 Å². The van der Waals surface area contributed by atoms with Crippen LogP contribution in [0.5, 0.6) is 0 Å². The van der Waals surface area contributed by atoms with Crippen LogP contribution >= 0.6 is 0 Å². The SMILES string of the molecule is CC.Cc1ccccc1.O=[N+]([O-])c1ccccc1. The zero-order valence-electron chi connectivity index (χ0n) is 11.0. The number of para-hydroxylation sites is 1. The Balaban J connectivity index is 0.000000289. The molecule has 2 aromatic rings. The van der Waals surface area contributed by atoms with Gasteiger partial charge in [0.05, 0.1) is 4.92 Å². The first kappa shape index (κ1) is 15.8. The van der Waals surface area contributed by atoms with Gasteiger partial charge in [0.1, 0.15) is 0 Å². The molecule has 96 valence electrons. The minimum atomic E-state index is -0.417. The number of nitro groups is 1. The Kier molecular flexibility index (Phi) is 8.82. The second-order valence-corrected chi connectivity index (χ2v) is 3.25. The third-order valence-electron chi connectivity index (χ3n) is 1.91. The van der Waals surface area contributed by atoms with Gasteiger partial charge in [-0.25, -0.2) is 0 Å². The summed E-state index contributed by atoms with van der Waals surface area (Å²) in [5.41, 5.74) is 1.46. The molecular formula is C15H19NO2. The van der Waals surface area contributed by atoms with Gasteiger partial charge in [0, 0.05) is 12.1 Å². The van der Waals surface area contributed by atoms with Crippen molar-refractivity contribution in [2.24, 2.45) is 0 Å². The van der Waals surface area contributed by atoms with Crippen molar-refractivity contribution in [1.29, 1.82) is 0 Å². The summed E-state index contributed by atoms with van der Waals surface area (Å²) < 4.78 is 0. The van der Waals surface area contributed by atoms with E-state index in [1.54, 1.807) is 18.2 Å². The highest BCUT2D eigenvalue weighted by atomic mass is 16.6. The van der Waals surface area contributed by atoms with Crippen molar-refractivity contribution in [1.82, 2.24) is 0 Å². The van der Waals surface area contributed by atoms with E-state index in [4.69, 9.17) is 0 Å². The van der Waals surface area contributed by atoms with Gasteiger partial charge in [-0.15, -0.1) is 0 Å². The summed E-state index contributed by atoms with van der Waals surface area (Å²) in [6.07, 6.45) is 0. The molecule has 0 aliphatic carbocycles. The molecule has 0 N–H and O–H groups in total. The molecule has 0 saturated heterocycles. The number of rotatable bonds is 1. The lowest BCUT2D eigenvalue weighted by molar-refractivity contribution is -0.384. The largest absolute Gasteiger partial charge is 0.269 e. The molecular weight excluding hydrogens is 226 g/mol. The molecule has 0 spiro atoms. The molecule has 2 aromatic carbocycles. The maximum absolute atomic E-state index is 10.0. The maximum Gasteiger partial charge on any atom is 0.269 e. The fourth-order valence-corrected chi connectivity index (χ4v) is 1.08. The summed E-state index contributed by atoms with van der Waals surface area (Å²) in [6, 6.07) is 18.2. The van der Waals surface area contributed by atoms with Gasteiger partial charge in [0.2, 0.25) is 0 Å². The molecule has 0 aliphatic heterocycles. The van der Waals surface area contributed by atoms with E-state index < -0.39 is 4.92 Å². The van der Waals surface area contributed by atoms with Gasteiger partial charge in [-0.2, -0.15) is 0 Å². The van der Waals surface area contributed by atoms with Crippen LogP contribution in [0.15, 0.2) is 60.7 Å². The van der Waals surface area contributed by atoms with Crippen LogP contribution in [0.25, 0.3) is 0 Å². The molecule has 2 rings (SSSR count). The number of benzene rings is 2. The van der Waals surface area contributed by atoms with Crippen LogP contribution in [-0.4, -0.2) is 4.92 Å². The van der Waals surface area contributed by atoms with E-state index >= 15 is 0 Å². The first-order valence-electron chi connectivity index (χ1n) is 5.91. The van der Waals surface area contributed by atoms with Crippen LogP contribution in [0.4, 0.5) is 5.69 Å². The molecule has 3 nitrogen and oxygen atoms in total. The lowest BCUT2D eigenvalue weighted by atomic mass is 10.2. The lowest BCUT2D eigenvalue weighted by Crippen LogP contribution is -1.84. The van der Waals surface area contributed by atoms with E-state index in [2.05, 4.69) is 19.1 Å². The summed E-state index contributed by atoms with van der Waals surface area (Å²) >= 11 is 0. The third-order valence-corrected chi connectivity index (χ3v) is 1.91. The van der Waals surface area contributed by atoms with E-state index in [1.165, 1.54) is 17.7 Å². The van der Waals surface area contributed by atoms with E-state index in [9.17, 15) is 10.1 Å². The average Bonchev–Trinajstić information content (AvgIpc) is 2.43. The van der Waals surface area contributed by atoms with Crippen LogP contribution < -0.4 is 0 Å². The number of nitrogens with zero attached hydrogens (tertiary/aromatic N) is 1. The van der Waals surface area contributed by atoms with E-state index in [0.717, 1.165) is 0 Å². The van der Waals surface area contributed by atoms with Crippen molar-refractivity contribution in [3.8, 4) is 0 Å². The van der Waals surface area contributed by atoms with Crippen molar-refractivity contribution in [2.45, 2.75) is 20.8 Å². The highest BCUT2D eigenvalue weighted by Crippen LogP contribution is 2.06. The van der Waals surface area contributed by atoms with Crippen molar-refractivity contribution in [3.05, 3.63) is 76.3 Å². The number of non-ortho nitro benzene ring substituents is 1. The second-order valence-electron chi connectivity index (χ2n) is 3.25. The fraction of sp³-hybridized carbons (Fsp3) is 0.200. The van der Waals surface area contributed by atoms with Crippen LogP contribution in [-0.2, 0) is 0 Å². The van der Waals surface area contributed by atoms with Crippen molar-refractivity contribution in [2.75, 3.05) is 0 Å². The van der Waals surface area contributed by atoms with E-state index in [0.29, 0.717) is 0 Å². The Morgan fingerprint density at radius 3 is 1.44 bits per heavy atom. The predicted octanol–water partition coefficient (Wildman–Crippen LogP) is 4.62. The van der Waals surface area contributed by atoms with Gasteiger partial charge >= 0.3 is 0 Å². The molecule has 0 aliphatic rings. The highest BCUT2D eigenvalue weighted by molar-refractivity contribution is 5.27. The topological polar surface area (TPSA) is 43.1 Å². The van der Waals surface area contributed by atoms with Gasteiger partial charge in [-0.1, -0.05) is 67.9 Å². The van der Waals surface area contributed by atoms with Crippen LogP contribution in [0.2, 0.25) is 0 Å². The highest BCUT2D eigenvalue weighted by Gasteiger charge is 1.98. The summed E-state index contributed by atoms with van der Waals surface area (Å²) in [5.74, 6) is 0. The molecule has 0 radical (unpaired) electrons. The molecule has 0 saturated carbocycles. The Bertz CT molecular complexity index is 427. The fourth-order valence-electron chi connectivity index (χ4n) is 1.08. The Hall–Kier alpha value is -2.16. The minimum absolute atomic E-state index is 0.137.